The van der Waals surface area contributed by atoms with Crippen LogP contribution in [0.5, 0.6) is 0 Å². The van der Waals surface area contributed by atoms with Crippen LogP contribution in [0.3, 0.4) is 0 Å². The van der Waals surface area contributed by atoms with Crippen LogP contribution in [0.4, 0.5) is 4.39 Å². The fraction of sp³-hybridized carbons (Fsp3) is 0.500. The molecule has 1 aliphatic rings. The van der Waals surface area contributed by atoms with Gasteiger partial charge in [-0.25, -0.2) is 4.39 Å². The highest BCUT2D eigenvalue weighted by molar-refractivity contribution is 9.10. The van der Waals surface area contributed by atoms with Crippen LogP contribution in [0, 0.1) is 5.82 Å². The van der Waals surface area contributed by atoms with E-state index in [0.717, 1.165) is 25.2 Å². The van der Waals surface area contributed by atoms with Crippen LogP contribution in [-0.2, 0) is 6.54 Å². The molecule has 1 nitrogen and oxygen atoms in total. The maximum atomic E-state index is 13.3. The van der Waals surface area contributed by atoms with E-state index in [1.165, 1.54) is 18.9 Å². The molecule has 0 N–H and O–H groups in total. The second kappa shape index (κ2) is 5.61. The second-order valence-corrected chi connectivity index (χ2v) is 6.28. The van der Waals surface area contributed by atoms with Gasteiger partial charge in [0.25, 0.3) is 0 Å². The molecule has 4 heteroatoms. The molecule has 88 valence electrons. The number of hydrogen-bond donors (Lipinski definition) is 0. The van der Waals surface area contributed by atoms with Crippen molar-refractivity contribution in [2.45, 2.75) is 24.2 Å². The Balaban J connectivity index is 2.05. The molecule has 2 rings (SSSR count). The van der Waals surface area contributed by atoms with E-state index >= 15 is 0 Å². The molecule has 0 radical (unpaired) electrons. The predicted molar refractivity (Wildman–Crippen MR) is 71.3 cm³/mol. The van der Waals surface area contributed by atoms with Crippen molar-refractivity contribution in [3.63, 3.8) is 0 Å². The first-order chi connectivity index (χ1) is 7.66. The molecule has 0 saturated carbocycles. The van der Waals surface area contributed by atoms with Gasteiger partial charge in [-0.1, -0.05) is 28.1 Å². The lowest BCUT2D eigenvalue weighted by Crippen LogP contribution is -2.35. The van der Waals surface area contributed by atoms with E-state index in [1.807, 2.05) is 6.07 Å². The third-order valence-corrected chi connectivity index (χ3v) is 4.51. The van der Waals surface area contributed by atoms with Gasteiger partial charge < -0.3 is 0 Å². The van der Waals surface area contributed by atoms with E-state index in [4.69, 9.17) is 0 Å². The van der Waals surface area contributed by atoms with E-state index in [-0.39, 0.29) is 5.82 Å². The lowest BCUT2D eigenvalue weighted by Gasteiger charge is -2.30. The molecule has 0 aliphatic carbocycles. The van der Waals surface area contributed by atoms with E-state index in [1.54, 1.807) is 6.07 Å². The predicted octanol–water partition coefficient (Wildman–Crippen LogP) is 3.95. The zero-order valence-corrected chi connectivity index (χ0v) is 12.1. The number of halogens is 3. The molecule has 1 aliphatic heterocycles. The Morgan fingerprint density at radius 1 is 1.44 bits per heavy atom. The van der Waals surface area contributed by atoms with Crippen LogP contribution in [0.1, 0.15) is 18.4 Å². The fourth-order valence-electron chi connectivity index (χ4n) is 2.05. The summed E-state index contributed by atoms with van der Waals surface area (Å²) in [6, 6.07) is 5.23. The number of piperidine rings is 1. The summed E-state index contributed by atoms with van der Waals surface area (Å²) in [6.45, 7) is 2.97. The van der Waals surface area contributed by atoms with Gasteiger partial charge in [-0.2, -0.15) is 0 Å². The summed E-state index contributed by atoms with van der Waals surface area (Å²) in [4.78, 5) is 2.94. The minimum Gasteiger partial charge on any atom is -0.298 e. The highest BCUT2D eigenvalue weighted by atomic mass is 79.9. The van der Waals surface area contributed by atoms with Gasteiger partial charge >= 0.3 is 0 Å². The van der Waals surface area contributed by atoms with Crippen LogP contribution >= 0.6 is 31.9 Å². The largest absolute Gasteiger partial charge is 0.298 e. The molecule has 0 bridgehead atoms. The molecule has 0 spiro atoms. The third-order valence-electron chi connectivity index (χ3n) is 2.87. The van der Waals surface area contributed by atoms with Crippen LogP contribution in [0.15, 0.2) is 22.7 Å². The smallest absolute Gasteiger partial charge is 0.137 e. The molecule has 1 aromatic carbocycles. The summed E-state index contributed by atoms with van der Waals surface area (Å²) in [5.74, 6) is -0.176. The summed E-state index contributed by atoms with van der Waals surface area (Å²) in [5, 5.41) is 0. The van der Waals surface area contributed by atoms with Crippen molar-refractivity contribution in [1.29, 1.82) is 0 Å². The van der Waals surface area contributed by atoms with Crippen molar-refractivity contribution in [2.75, 3.05) is 13.1 Å². The highest BCUT2D eigenvalue weighted by Crippen LogP contribution is 2.24. The number of hydrogen-bond acceptors (Lipinski definition) is 1. The van der Waals surface area contributed by atoms with Crippen LogP contribution in [0.2, 0.25) is 0 Å². The minimum atomic E-state index is -0.176. The maximum Gasteiger partial charge on any atom is 0.137 e. The molecule has 1 atom stereocenters. The Labute approximate surface area is 112 Å². The lowest BCUT2D eigenvalue weighted by molar-refractivity contribution is 0.227. The van der Waals surface area contributed by atoms with Gasteiger partial charge in [0.15, 0.2) is 0 Å². The summed E-state index contributed by atoms with van der Waals surface area (Å²) in [7, 11) is 0. The quantitative estimate of drug-likeness (QED) is 0.730. The van der Waals surface area contributed by atoms with Crippen molar-refractivity contribution < 1.29 is 4.39 Å². The zero-order valence-electron chi connectivity index (χ0n) is 8.93. The topological polar surface area (TPSA) is 3.24 Å². The molecule has 16 heavy (non-hydrogen) atoms. The van der Waals surface area contributed by atoms with E-state index in [9.17, 15) is 4.39 Å². The standard InChI is InChI=1S/C12H14Br2FN/c13-10-4-2-6-16(8-10)7-9-3-1-5-11(15)12(9)14/h1,3,5,10H,2,4,6-8H2. The summed E-state index contributed by atoms with van der Waals surface area (Å²) < 4.78 is 13.9. The number of nitrogens with zero attached hydrogens (tertiary/aromatic N) is 1. The van der Waals surface area contributed by atoms with Crippen LogP contribution in [0.25, 0.3) is 0 Å². The first-order valence-corrected chi connectivity index (χ1v) is 7.17. The van der Waals surface area contributed by atoms with Crippen molar-refractivity contribution in [3.8, 4) is 0 Å². The third kappa shape index (κ3) is 3.05. The van der Waals surface area contributed by atoms with Gasteiger partial charge in [0.2, 0.25) is 0 Å². The number of alkyl halides is 1. The van der Waals surface area contributed by atoms with Crippen molar-refractivity contribution in [2.24, 2.45) is 0 Å². The molecule has 1 saturated heterocycles. The molecule has 1 heterocycles. The second-order valence-electron chi connectivity index (χ2n) is 4.19. The molecular formula is C12H14Br2FN. The summed E-state index contributed by atoms with van der Waals surface area (Å²) in [5.41, 5.74) is 1.03. The van der Waals surface area contributed by atoms with Crippen molar-refractivity contribution in [1.82, 2.24) is 4.90 Å². The van der Waals surface area contributed by atoms with Crippen LogP contribution in [-0.4, -0.2) is 22.8 Å². The maximum absolute atomic E-state index is 13.3. The average Bonchev–Trinajstić information content (AvgIpc) is 2.25. The zero-order chi connectivity index (χ0) is 11.5. The van der Waals surface area contributed by atoms with Gasteiger partial charge in [0.05, 0.1) is 4.47 Å². The SMILES string of the molecule is Fc1cccc(CN2CCCC(Br)C2)c1Br. The highest BCUT2D eigenvalue weighted by Gasteiger charge is 2.18. The normalized spacial score (nSPS) is 22.3. The van der Waals surface area contributed by atoms with Gasteiger partial charge in [0.1, 0.15) is 5.82 Å². The van der Waals surface area contributed by atoms with Gasteiger partial charge in [0, 0.05) is 17.9 Å². The number of likely N-dealkylation sites (tertiary alicyclic amines) is 1. The van der Waals surface area contributed by atoms with Gasteiger partial charge in [-0.3, -0.25) is 4.90 Å². The molecule has 1 fully saturated rings. The average molecular weight is 351 g/mol. The van der Waals surface area contributed by atoms with Crippen molar-refractivity contribution in [3.05, 3.63) is 34.1 Å². The van der Waals surface area contributed by atoms with Crippen LogP contribution < -0.4 is 0 Å². The number of benzene rings is 1. The first kappa shape index (κ1) is 12.5. The summed E-state index contributed by atoms with van der Waals surface area (Å²) >= 11 is 6.96. The minimum absolute atomic E-state index is 0.176. The lowest BCUT2D eigenvalue weighted by atomic mass is 10.1. The van der Waals surface area contributed by atoms with E-state index in [2.05, 4.69) is 36.8 Å². The van der Waals surface area contributed by atoms with E-state index < -0.39 is 0 Å². The molecule has 1 unspecified atom stereocenters. The monoisotopic (exact) mass is 349 g/mol. The van der Waals surface area contributed by atoms with Crippen molar-refractivity contribution >= 4 is 31.9 Å². The molecule has 0 amide bonds. The van der Waals surface area contributed by atoms with Gasteiger partial charge in [-0.05, 0) is 46.9 Å². The Morgan fingerprint density at radius 2 is 2.25 bits per heavy atom. The fourth-order valence-corrected chi connectivity index (χ4v) is 3.18. The van der Waals surface area contributed by atoms with E-state index in [0.29, 0.717) is 9.30 Å². The molecule has 1 aromatic rings. The number of rotatable bonds is 2. The Kier molecular flexibility index (Phi) is 4.39. The Bertz CT molecular complexity index is 370. The summed E-state index contributed by atoms with van der Waals surface area (Å²) in [6.07, 6.45) is 2.45. The van der Waals surface area contributed by atoms with Gasteiger partial charge in [-0.15, -0.1) is 0 Å². The molecule has 0 aromatic heterocycles. The molecular weight excluding hydrogens is 337 g/mol. The Morgan fingerprint density at radius 3 is 3.00 bits per heavy atom. The first-order valence-electron chi connectivity index (χ1n) is 5.46. The Hall–Kier alpha value is 0.0700.